The zero-order chi connectivity index (χ0) is 8.69. The fraction of sp³-hybridized carbons (Fsp3) is 0.857. The summed E-state index contributed by atoms with van der Waals surface area (Å²) in [4.78, 5) is 9.99. The first-order valence-corrected chi connectivity index (χ1v) is 4.88. The maximum atomic E-state index is 9.99. The number of ether oxygens (including phenoxy) is 1. The van der Waals surface area contributed by atoms with Crippen molar-refractivity contribution in [3.05, 3.63) is 0 Å². The van der Waals surface area contributed by atoms with E-state index >= 15 is 0 Å². The second kappa shape index (κ2) is 6.34. The van der Waals surface area contributed by atoms with E-state index in [-0.39, 0.29) is 0 Å². The van der Waals surface area contributed by atoms with Gasteiger partial charge in [-0.2, -0.15) is 11.8 Å². The molecule has 0 rings (SSSR count). The molecule has 0 aromatic heterocycles. The van der Waals surface area contributed by atoms with Crippen LogP contribution in [-0.2, 0) is 4.74 Å². The van der Waals surface area contributed by atoms with Crippen molar-refractivity contribution in [3.63, 3.8) is 0 Å². The topological polar surface area (TPSA) is 46.5 Å². The van der Waals surface area contributed by atoms with E-state index in [1.54, 1.807) is 11.8 Å². The summed E-state index contributed by atoms with van der Waals surface area (Å²) in [5.41, 5.74) is 0. The van der Waals surface area contributed by atoms with Crippen LogP contribution in [0.4, 0.5) is 4.79 Å². The van der Waals surface area contributed by atoms with E-state index in [2.05, 4.69) is 11.7 Å². The van der Waals surface area contributed by atoms with Gasteiger partial charge in [0.25, 0.3) is 0 Å². The number of hydrogen-bond acceptors (Lipinski definition) is 3. The molecule has 0 aromatic rings. The van der Waals surface area contributed by atoms with Crippen molar-refractivity contribution in [2.75, 3.05) is 12.9 Å². The van der Waals surface area contributed by atoms with Gasteiger partial charge in [0.15, 0.2) is 0 Å². The van der Waals surface area contributed by atoms with Crippen LogP contribution in [-0.4, -0.2) is 29.4 Å². The van der Waals surface area contributed by atoms with Gasteiger partial charge >= 0.3 is 6.16 Å². The summed E-state index contributed by atoms with van der Waals surface area (Å²) in [5.74, 6) is 0. The number of hydrogen-bond donors (Lipinski definition) is 1. The first-order valence-electron chi connectivity index (χ1n) is 3.59. The Bertz CT molecular complexity index is 116. The van der Waals surface area contributed by atoms with Gasteiger partial charge in [0.2, 0.25) is 0 Å². The van der Waals surface area contributed by atoms with Crippen molar-refractivity contribution in [2.24, 2.45) is 0 Å². The Labute approximate surface area is 71.1 Å². The average Bonchev–Trinajstić information content (AvgIpc) is 1.97. The molecule has 1 atom stereocenters. The smallest absolute Gasteiger partial charge is 0.450 e. The molecule has 0 bridgehead atoms. The van der Waals surface area contributed by atoms with Crippen LogP contribution in [0.3, 0.4) is 0 Å². The number of thioether (sulfide) groups is 1. The van der Waals surface area contributed by atoms with Crippen molar-refractivity contribution < 1.29 is 14.6 Å². The molecule has 0 aliphatic carbocycles. The van der Waals surface area contributed by atoms with Gasteiger partial charge in [-0.25, -0.2) is 4.79 Å². The maximum absolute atomic E-state index is 9.99. The molecule has 66 valence electrons. The van der Waals surface area contributed by atoms with Crippen LogP contribution < -0.4 is 0 Å². The summed E-state index contributed by atoms with van der Waals surface area (Å²) >= 11 is 1.65. The highest BCUT2D eigenvalue weighted by molar-refractivity contribution is 7.99. The van der Waals surface area contributed by atoms with Crippen molar-refractivity contribution in [1.29, 1.82) is 0 Å². The lowest BCUT2D eigenvalue weighted by atomic mass is 10.2. The summed E-state index contributed by atoms with van der Waals surface area (Å²) in [6.45, 7) is 2.38. The molecule has 0 spiro atoms. The highest BCUT2D eigenvalue weighted by Crippen LogP contribution is 2.12. The standard InChI is InChI=1S/C7H14O3S/c1-3-4-6(11-2)5-10-7(8)9/h6H,3-5H2,1-2H3,(H,8,9). The van der Waals surface area contributed by atoms with E-state index in [9.17, 15) is 4.79 Å². The normalized spacial score (nSPS) is 12.5. The Morgan fingerprint density at radius 1 is 1.73 bits per heavy atom. The summed E-state index contributed by atoms with van der Waals surface area (Å²) in [6, 6.07) is 0. The molecule has 0 aliphatic heterocycles. The molecular formula is C7H14O3S. The molecule has 0 amide bonds. The SMILES string of the molecule is CCCC(COC(=O)O)SC. The van der Waals surface area contributed by atoms with Gasteiger partial charge in [0.1, 0.15) is 6.61 Å². The molecule has 4 heteroatoms. The molecular weight excluding hydrogens is 164 g/mol. The Morgan fingerprint density at radius 3 is 2.73 bits per heavy atom. The Morgan fingerprint density at radius 2 is 2.36 bits per heavy atom. The van der Waals surface area contributed by atoms with Crippen LogP contribution in [0.15, 0.2) is 0 Å². The highest BCUT2D eigenvalue weighted by atomic mass is 32.2. The maximum Gasteiger partial charge on any atom is 0.505 e. The van der Waals surface area contributed by atoms with Crippen LogP contribution in [0.1, 0.15) is 19.8 Å². The molecule has 11 heavy (non-hydrogen) atoms. The van der Waals surface area contributed by atoms with E-state index in [1.807, 2.05) is 6.26 Å². The van der Waals surface area contributed by atoms with Gasteiger partial charge in [0.05, 0.1) is 0 Å². The number of rotatable bonds is 5. The van der Waals surface area contributed by atoms with Crippen LogP contribution >= 0.6 is 11.8 Å². The lowest BCUT2D eigenvalue weighted by Crippen LogP contribution is -2.14. The van der Waals surface area contributed by atoms with Crippen LogP contribution in [0.5, 0.6) is 0 Å². The molecule has 3 nitrogen and oxygen atoms in total. The minimum Gasteiger partial charge on any atom is -0.450 e. The Hall–Kier alpha value is -0.380. The summed E-state index contributed by atoms with van der Waals surface area (Å²) in [6.07, 6.45) is 2.86. The lowest BCUT2D eigenvalue weighted by Gasteiger charge is -2.11. The fourth-order valence-corrected chi connectivity index (χ4v) is 1.43. The molecule has 0 radical (unpaired) electrons. The monoisotopic (exact) mass is 178 g/mol. The molecule has 1 unspecified atom stereocenters. The molecule has 0 heterocycles. The zero-order valence-electron chi connectivity index (χ0n) is 6.87. The minimum atomic E-state index is -1.18. The van der Waals surface area contributed by atoms with Gasteiger partial charge in [-0.15, -0.1) is 0 Å². The van der Waals surface area contributed by atoms with E-state index < -0.39 is 6.16 Å². The molecule has 0 aliphatic rings. The third-order valence-electron chi connectivity index (χ3n) is 1.34. The van der Waals surface area contributed by atoms with Gasteiger partial charge in [-0.05, 0) is 12.7 Å². The molecule has 0 fully saturated rings. The number of carboxylic acid groups (broad SMARTS) is 1. The van der Waals surface area contributed by atoms with Crippen LogP contribution in [0, 0.1) is 0 Å². The molecule has 0 saturated carbocycles. The van der Waals surface area contributed by atoms with Crippen molar-refractivity contribution in [3.8, 4) is 0 Å². The quantitative estimate of drug-likeness (QED) is 0.656. The summed E-state index contributed by atoms with van der Waals surface area (Å²) in [5, 5.41) is 8.51. The van der Waals surface area contributed by atoms with Crippen molar-refractivity contribution >= 4 is 17.9 Å². The van der Waals surface area contributed by atoms with E-state index in [0.717, 1.165) is 12.8 Å². The lowest BCUT2D eigenvalue weighted by molar-refractivity contribution is 0.0914. The van der Waals surface area contributed by atoms with E-state index in [4.69, 9.17) is 5.11 Å². The molecule has 0 saturated heterocycles. The first kappa shape index (κ1) is 10.6. The fourth-order valence-electron chi connectivity index (χ4n) is 0.755. The third-order valence-corrected chi connectivity index (χ3v) is 2.38. The van der Waals surface area contributed by atoms with E-state index in [0.29, 0.717) is 11.9 Å². The van der Waals surface area contributed by atoms with Crippen molar-refractivity contribution in [2.45, 2.75) is 25.0 Å². The minimum absolute atomic E-state index is 0.310. The second-order valence-corrected chi connectivity index (χ2v) is 3.36. The Balaban J connectivity index is 3.43. The largest absolute Gasteiger partial charge is 0.505 e. The first-order chi connectivity index (χ1) is 5.20. The second-order valence-electron chi connectivity index (χ2n) is 2.22. The number of carbonyl (C=O) groups is 1. The molecule has 1 N–H and O–H groups in total. The van der Waals surface area contributed by atoms with E-state index in [1.165, 1.54) is 0 Å². The van der Waals surface area contributed by atoms with Gasteiger partial charge < -0.3 is 9.84 Å². The van der Waals surface area contributed by atoms with Gasteiger partial charge in [-0.1, -0.05) is 13.3 Å². The van der Waals surface area contributed by atoms with Gasteiger partial charge in [-0.3, -0.25) is 0 Å². The van der Waals surface area contributed by atoms with Crippen molar-refractivity contribution in [1.82, 2.24) is 0 Å². The van der Waals surface area contributed by atoms with Gasteiger partial charge in [0, 0.05) is 5.25 Å². The van der Waals surface area contributed by atoms with Crippen LogP contribution in [0.25, 0.3) is 0 Å². The molecule has 0 aromatic carbocycles. The average molecular weight is 178 g/mol. The van der Waals surface area contributed by atoms with Crippen LogP contribution in [0.2, 0.25) is 0 Å². The summed E-state index contributed by atoms with van der Waals surface area (Å²) in [7, 11) is 0. The third kappa shape index (κ3) is 6.04. The summed E-state index contributed by atoms with van der Waals surface area (Å²) < 4.78 is 4.44. The highest BCUT2D eigenvalue weighted by Gasteiger charge is 2.07. The predicted molar refractivity (Wildman–Crippen MR) is 46.2 cm³/mol. The zero-order valence-corrected chi connectivity index (χ0v) is 7.69. The Kier molecular flexibility index (Phi) is 6.12. The predicted octanol–water partition coefficient (Wildman–Crippen LogP) is 2.21.